The Morgan fingerprint density at radius 3 is 1.14 bits per heavy atom. The number of rotatable bonds is 5. The minimum absolute atomic E-state index is 1.23. The molecule has 0 unspecified atom stereocenters. The highest BCUT2D eigenvalue weighted by Gasteiger charge is 2.29. The summed E-state index contributed by atoms with van der Waals surface area (Å²) < 4.78 is 0. The highest BCUT2D eigenvalue weighted by molar-refractivity contribution is 6.47. The van der Waals surface area contributed by atoms with Gasteiger partial charge in [-0.3, -0.25) is 0 Å². The van der Waals surface area contributed by atoms with Crippen molar-refractivity contribution < 1.29 is 0 Å². The molecule has 64 heavy (non-hydrogen) atoms. The Morgan fingerprint density at radius 1 is 0.172 bits per heavy atom. The predicted octanol–water partition coefficient (Wildman–Crippen LogP) is 18.1. The third kappa shape index (κ3) is 4.88. The molecule has 14 rings (SSSR count). The van der Waals surface area contributed by atoms with Gasteiger partial charge in [-0.25, -0.2) is 0 Å². The highest BCUT2D eigenvalue weighted by atomic mass is 14.3. The van der Waals surface area contributed by atoms with E-state index in [-0.39, 0.29) is 0 Å². The molecule has 0 heterocycles. The van der Waals surface area contributed by atoms with Gasteiger partial charge in [0.2, 0.25) is 0 Å². The van der Waals surface area contributed by atoms with E-state index in [0.29, 0.717) is 0 Å². The molecule has 0 saturated heterocycles. The maximum Gasteiger partial charge on any atom is -0.000697 e. The molecule has 0 aliphatic carbocycles. The lowest BCUT2D eigenvalue weighted by atomic mass is 9.83. The van der Waals surface area contributed by atoms with Gasteiger partial charge in [-0.2, -0.15) is 0 Å². The molecule has 0 amide bonds. The van der Waals surface area contributed by atoms with E-state index >= 15 is 0 Å². The van der Waals surface area contributed by atoms with E-state index in [2.05, 4.69) is 231 Å². The van der Waals surface area contributed by atoms with Crippen LogP contribution in [0, 0.1) is 0 Å². The van der Waals surface area contributed by atoms with Gasteiger partial charge in [0.25, 0.3) is 0 Å². The molecule has 0 bridgehead atoms. The molecule has 14 aromatic carbocycles. The van der Waals surface area contributed by atoms with Gasteiger partial charge in [0.1, 0.15) is 0 Å². The third-order valence-electron chi connectivity index (χ3n) is 14.1. The fourth-order valence-electron chi connectivity index (χ4n) is 11.6. The lowest BCUT2D eigenvalue weighted by molar-refractivity contribution is 1.64. The highest BCUT2D eigenvalue weighted by Crippen LogP contribution is 2.57. The SMILES string of the molecule is c1ccc(-c2ccc(-c3ccccc3)c3c4cc5c(-c6ccccc6)c6c7ccc(-c8ccccc8)c8c9ccccc9cc(c6c(-c6ccccc6)c5c5cccc(c23)c54)c78)cc1. The first-order valence-electron chi connectivity index (χ1n) is 22.4. The monoisotopic (exact) mass is 806 g/mol. The van der Waals surface area contributed by atoms with Crippen LogP contribution in [0.3, 0.4) is 0 Å². The summed E-state index contributed by atoms with van der Waals surface area (Å²) in [5, 5.41) is 20.8. The van der Waals surface area contributed by atoms with Crippen molar-refractivity contribution in [2.75, 3.05) is 0 Å². The van der Waals surface area contributed by atoms with Crippen LogP contribution in [0.2, 0.25) is 0 Å². The summed E-state index contributed by atoms with van der Waals surface area (Å²) in [5.41, 5.74) is 12.5. The fourth-order valence-corrected chi connectivity index (χ4v) is 11.6. The molecule has 0 aliphatic rings. The molecular weight excluding hydrogens is 769 g/mol. The molecule has 294 valence electrons. The van der Waals surface area contributed by atoms with Crippen molar-refractivity contribution >= 4 is 86.2 Å². The Hall–Kier alpha value is -8.32. The standard InChI is InChI=1S/C64H38/c1-6-19-39(20-7-1)46-35-36-51-62-52(37-44-29-16-17-30-45(44)58(46)62)64-56(43-27-14-5-15-28-43)61-50-32-18-31-49-57(50)54(38-53(61)55(63(51)64)42-25-12-4-13-26-42)60-48(41-23-10-3-11-24-41)34-33-47(59(49)60)40-21-8-2-9-22-40/h1-38H. The molecule has 0 spiro atoms. The quantitative estimate of drug-likeness (QED) is 0.152. The Bertz CT molecular complexity index is 4120. The molecule has 0 fully saturated rings. The first-order valence-corrected chi connectivity index (χ1v) is 22.4. The second-order valence-corrected chi connectivity index (χ2v) is 17.4. The lowest BCUT2D eigenvalue weighted by Crippen LogP contribution is -1.91. The average Bonchev–Trinajstić information content (AvgIpc) is 3.88. The van der Waals surface area contributed by atoms with Gasteiger partial charge in [0, 0.05) is 0 Å². The van der Waals surface area contributed by atoms with Crippen LogP contribution >= 0.6 is 0 Å². The Kier molecular flexibility index (Phi) is 7.49. The van der Waals surface area contributed by atoms with E-state index in [9.17, 15) is 0 Å². The number of fused-ring (bicyclic) bond motifs is 10. The maximum atomic E-state index is 2.58. The fraction of sp³-hybridized carbons (Fsp3) is 0. The van der Waals surface area contributed by atoms with Crippen molar-refractivity contribution in [1.29, 1.82) is 0 Å². The van der Waals surface area contributed by atoms with Gasteiger partial charge >= 0.3 is 0 Å². The van der Waals surface area contributed by atoms with E-state index in [0.717, 1.165) is 0 Å². The van der Waals surface area contributed by atoms with Crippen LogP contribution in [0.15, 0.2) is 231 Å². The van der Waals surface area contributed by atoms with Crippen LogP contribution in [0.1, 0.15) is 0 Å². The molecule has 0 heteroatoms. The summed E-state index contributed by atoms with van der Waals surface area (Å²) in [7, 11) is 0. The lowest BCUT2D eigenvalue weighted by Gasteiger charge is -2.19. The third-order valence-corrected chi connectivity index (χ3v) is 14.1. The van der Waals surface area contributed by atoms with Crippen molar-refractivity contribution in [2.45, 2.75) is 0 Å². The topological polar surface area (TPSA) is 0 Å². The van der Waals surface area contributed by atoms with E-state index < -0.39 is 0 Å². The van der Waals surface area contributed by atoms with Crippen molar-refractivity contribution in [3.05, 3.63) is 231 Å². The van der Waals surface area contributed by atoms with Crippen molar-refractivity contribution in [1.82, 2.24) is 0 Å². The summed E-state index contributed by atoms with van der Waals surface area (Å²) >= 11 is 0. The Morgan fingerprint density at radius 2 is 0.562 bits per heavy atom. The second-order valence-electron chi connectivity index (χ2n) is 17.4. The van der Waals surface area contributed by atoms with Gasteiger partial charge in [-0.15, -0.1) is 0 Å². The van der Waals surface area contributed by atoms with Crippen LogP contribution in [0.4, 0.5) is 0 Å². The van der Waals surface area contributed by atoms with Gasteiger partial charge in [0.05, 0.1) is 0 Å². The zero-order chi connectivity index (χ0) is 41.9. The van der Waals surface area contributed by atoms with E-state index in [4.69, 9.17) is 0 Å². The Labute approximate surface area is 370 Å². The van der Waals surface area contributed by atoms with Crippen LogP contribution in [0.25, 0.3) is 142 Å². The summed E-state index contributed by atoms with van der Waals surface area (Å²) in [5.74, 6) is 0. The smallest absolute Gasteiger partial charge is 0.000697 e. The first-order chi connectivity index (χ1) is 31.8. The predicted molar refractivity (Wildman–Crippen MR) is 276 cm³/mol. The number of benzene rings is 12. The normalized spacial score (nSPS) is 12.1. The number of hydrogen-bond acceptors (Lipinski definition) is 0. The molecular formula is C64H38. The van der Waals surface area contributed by atoms with E-state index in [1.807, 2.05) is 0 Å². The zero-order valence-electron chi connectivity index (χ0n) is 34.9. The van der Waals surface area contributed by atoms with Crippen molar-refractivity contribution in [3.8, 4) is 55.6 Å². The van der Waals surface area contributed by atoms with Crippen LogP contribution in [0.5, 0.6) is 0 Å². The molecule has 0 N–H and O–H groups in total. The number of hydrogen-bond donors (Lipinski definition) is 0. The summed E-state index contributed by atoms with van der Waals surface area (Å²) in [6, 6.07) is 86.0. The molecule has 0 radical (unpaired) electrons. The summed E-state index contributed by atoms with van der Waals surface area (Å²) in [6.45, 7) is 0. The van der Waals surface area contributed by atoms with Crippen LogP contribution < -0.4 is 0 Å². The minimum Gasteiger partial charge on any atom is -0.0622 e. The molecule has 0 aliphatic heterocycles. The van der Waals surface area contributed by atoms with Gasteiger partial charge in [-0.1, -0.05) is 218 Å². The average molecular weight is 807 g/mol. The van der Waals surface area contributed by atoms with Gasteiger partial charge < -0.3 is 0 Å². The van der Waals surface area contributed by atoms with Crippen LogP contribution in [-0.4, -0.2) is 0 Å². The van der Waals surface area contributed by atoms with E-state index in [1.165, 1.54) is 142 Å². The minimum atomic E-state index is 1.23. The first kappa shape index (κ1) is 35.3. The molecule has 0 atom stereocenters. The van der Waals surface area contributed by atoms with Gasteiger partial charge in [-0.05, 0) is 154 Å². The second kappa shape index (κ2) is 13.6. The summed E-state index contributed by atoms with van der Waals surface area (Å²) in [6.07, 6.45) is 0. The maximum absolute atomic E-state index is 2.58. The zero-order valence-corrected chi connectivity index (χ0v) is 34.9. The molecule has 0 nitrogen and oxygen atoms in total. The largest absolute Gasteiger partial charge is 0.0622 e. The molecule has 14 aromatic rings. The van der Waals surface area contributed by atoms with Crippen LogP contribution in [-0.2, 0) is 0 Å². The van der Waals surface area contributed by atoms with Crippen molar-refractivity contribution in [2.24, 2.45) is 0 Å². The molecule has 0 aromatic heterocycles. The van der Waals surface area contributed by atoms with Gasteiger partial charge in [0.15, 0.2) is 0 Å². The van der Waals surface area contributed by atoms with Crippen molar-refractivity contribution in [3.63, 3.8) is 0 Å². The molecule has 0 saturated carbocycles. The summed E-state index contributed by atoms with van der Waals surface area (Å²) in [4.78, 5) is 0. The van der Waals surface area contributed by atoms with E-state index in [1.54, 1.807) is 0 Å². The Balaban J connectivity index is 1.29.